The first-order chi connectivity index (χ1) is 13.5. The van der Waals surface area contributed by atoms with Gasteiger partial charge in [0, 0.05) is 16.1 Å². The fourth-order valence-corrected chi connectivity index (χ4v) is 7.49. The molecule has 0 saturated heterocycles. The van der Waals surface area contributed by atoms with Crippen molar-refractivity contribution in [3.63, 3.8) is 0 Å². The monoisotopic (exact) mass is 565 g/mol. The molecule has 0 amide bonds. The van der Waals surface area contributed by atoms with Crippen molar-refractivity contribution in [2.24, 2.45) is 0 Å². The van der Waals surface area contributed by atoms with Crippen LogP contribution in [0.5, 0.6) is 5.75 Å². The van der Waals surface area contributed by atoms with Crippen molar-refractivity contribution in [1.82, 2.24) is 4.57 Å². The van der Waals surface area contributed by atoms with E-state index in [1.165, 1.54) is 32.8 Å². The summed E-state index contributed by atoms with van der Waals surface area (Å²) in [7, 11) is 1.41. The third-order valence-electron chi connectivity index (χ3n) is 5.39. The van der Waals surface area contributed by atoms with Gasteiger partial charge in [0.05, 0.1) is 23.8 Å². The Hall–Kier alpha value is -1.07. The van der Waals surface area contributed by atoms with Gasteiger partial charge in [0.1, 0.15) is 5.75 Å². The number of fused-ring (bicyclic) bond motifs is 3. The van der Waals surface area contributed by atoms with E-state index in [2.05, 4.69) is 99.0 Å². The maximum Gasteiger partial charge on any atom is 2.00 e. The molecule has 3 aromatic carbocycles. The van der Waals surface area contributed by atoms with Gasteiger partial charge in [-0.1, -0.05) is 78.1 Å². The van der Waals surface area contributed by atoms with Gasteiger partial charge in [-0.05, 0) is 35.6 Å². The molecule has 168 valence electrons. The number of methoxy groups -OCH3 is 1. The molecule has 1 heterocycles. The van der Waals surface area contributed by atoms with E-state index in [9.17, 15) is 0 Å². The van der Waals surface area contributed by atoms with E-state index in [1.807, 2.05) is 0 Å². The van der Waals surface area contributed by atoms with E-state index in [0.29, 0.717) is 11.3 Å². The topological polar surface area (TPSA) is 14.2 Å². The minimum absolute atomic E-state index is 0. The summed E-state index contributed by atoms with van der Waals surface area (Å²) < 4.78 is 8.33. The molecule has 1 aromatic heterocycles. The first-order valence-electron chi connectivity index (χ1n) is 9.98. The standard InChI is InChI=1S/C25H28NOP.2ClH.Pd/c1-17(2)28(18(3)4)25-23(15-10-16-24(25)27-5)26-21-13-8-6-11-19(21)20-12-7-9-14-22(20)26;;;/h6-18H,1-5H3;2*1H;/q;;;+2/p-2. The third-order valence-corrected chi connectivity index (χ3v) is 8.58. The zero-order valence-corrected chi connectivity index (χ0v) is 22.3. The van der Waals surface area contributed by atoms with Gasteiger partial charge in [-0.2, -0.15) is 0 Å². The summed E-state index contributed by atoms with van der Waals surface area (Å²) in [6, 6.07) is 23.9. The second kappa shape index (κ2) is 11.7. The summed E-state index contributed by atoms with van der Waals surface area (Å²) in [5, 5.41) is 3.96. The third kappa shape index (κ3) is 4.98. The Bertz CT molecular complexity index is 1080. The Morgan fingerprint density at radius 2 is 1.19 bits per heavy atom. The number of aromatic nitrogens is 1. The van der Waals surface area contributed by atoms with Gasteiger partial charge in [0.25, 0.3) is 0 Å². The van der Waals surface area contributed by atoms with Crippen LogP contribution < -0.4 is 34.9 Å². The minimum Gasteiger partial charge on any atom is -1.00 e. The molecule has 0 bridgehead atoms. The molecule has 0 spiro atoms. The molecule has 0 radical (unpaired) electrons. The second-order valence-corrected chi connectivity index (χ2v) is 11.1. The second-order valence-electron chi connectivity index (χ2n) is 7.79. The summed E-state index contributed by atoms with van der Waals surface area (Å²) >= 11 is 0. The number of rotatable bonds is 5. The summed E-state index contributed by atoms with van der Waals surface area (Å²) in [5.41, 5.74) is 4.92. The largest absolute Gasteiger partial charge is 2.00 e. The fraction of sp³-hybridized carbons (Fsp3) is 0.280. The van der Waals surface area contributed by atoms with Crippen molar-refractivity contribution in [2.75, 3.05) is 7.11 Å². The summed E-state index contributed by atoms with van der Waals surface area (Å²) in [6.07, 6.45) is 0. The number of nitrogens with zero attached hydrogens (tertiary/aromatic N) is 1. The maximum absolute atomic E-state index is 5.89. The molecule has 31 heavy (non-hydrogen) atoms. The van der Waals surface area contributed by atoms with Crippen LogP contribution in [0.25, 0.3) is 27.5 Å². The van der Waals surface area contributed by atoms with Crippen molar-refractivity contribution in [2.45, 2.75) is 39.0 Å². The summed E-state index contributed by atoms with van der Waals surface area (Å²) in [6.45, 7) is 9.36. The quantitative estimate of drug-likeness (QED) is 0.257. The fourth-order valence-electron chi connectivity index (χ4n) is 4.41. The summed E-state index contributed by atoms with van der Waals surface area (Å²) in [4.78, 5) is 0. The smallest absolute Gasteiger partial charge is 1.00 e. The van der Waals surface area contributed by atoms with Crippen molar-refractivity contribution in [1.29, 1.82) is 0 Å². The number of benzene rings is 3. The van der Waals surface area contributed by atoms with Crippen LogP contribution in [0.4, 0.5) is 0 Å². The predicted molar refractivity (Wildman–Crippen MR) is 124 cm³/mol. The van der Waals surface area contributed by atoms with Crippen molar-refractivity contribution < 1.29 is 50.0 Å². The maximum atomic E-state index is 5.89. The molecular formula is C25H28Cl2NOPPd. The van der Waals surface area contributed by atoms with Crippen LogP contribution >= 0.6 is 7.92 Å². The predicted octanol–water partition coefficient (Wildman–Crippen LogP) is 0.722. The zero-order valence-electron chi connectivity index (χ0n) is 18.4. The van der Waals surface area contributed by atoms with E-state index < -0.39 is 0 Å². The van der Waals surface area contributed by atoms with Crippen molar-refractivity contribution in [3.05, 3.63) is 66.7 Å². The number of hydrogen-bond donors (Lipinski definition) is 0. The average molecular weight is 567 g/mol. The Morgan fingerprint density at radius 3 is 1.65 bits per heavy atom. The molecule has 0 fully saturated rings. The van der Waals surface area contributed by atoms with E-state index >= 15 is 0 Å². The summed E-state index contributed by atoms with van der Waals surface area (Å²) in [5.74, 6) is 1.01. The molecule has 0 N–H and O–H groups in total. The number of ether oxygens (including phenoxy) is 1. The van der Waals surface area contributed by atoms with Crippen LogP contribution in [0, 0.1) is 0 Å². The van der Waals surface area contributed by atoms with Crippen LogP contribution in [0.1, 0.15) is 27.7 Å². The Balaban J connectivity index is 0.00000160. The van der Waals surface area contributed by atoms with E-state index in [4.69, 9.17) is 4.74 Å². The number of hydrogen-bond acceptors (Lipinski definition) is 1. The zero-order chi connectivity index (χ0) is 19.8. The van der Waals surface area contributed by atoms with Gasteiger partial charge >= 0.3 is 20.4 Å². The van der Waals surface area contributed by atoms with Crippen molar-refractivity contribution in [3.8, 4) is 11.4 Å². The molecule has 0 saturated carbocycles. The van der Waals surface area contributed by atoms with E-state index in [-0.39, 0.29) is 53.2 Å². The molecule has 0 atom stereocenters. The molecule has 2 nitrogen and oxygen atoms in total. The van der Waals surface area contributed by atoms with Crippen LogP contribution in [-0.4, -0.2) is 23.0 Å². The van der Waals surface area contributed by atoms with Gasteiger partial charge in [0.2, 0.25) is 0 Å². The van der Waals surface area contributed by atoms with E-state index in [0.717, 1.165) is 5.75 Å². The van der Waals surface area contributed by atoms with Gasteiger partial charge < -0.3 is 34.1 Å². The molecule has 0 aliphatic rings. The molecule has 4 rings (SSSR count). The van der Waals surface area contributed by atoms with Crippen LogP contribution in [0.2, 0.25) is 0 Å². The molecule has 6 heteroatoms. The first-order valence-corrected chi connectivity index (χ1v) is 11.5. The van der Waals surface area contributed by atoms with Gasteiger partial charge in [-0.15, -0.1) is 0 Å². The number of para-hydroxylation sites is 2. The molecular weight excluding hydrogens is 539 g/mol. The Morgan fingerprint density at radius 1 is 0.710 bits per heavy atom. The van der Waals surface area contributed by atoms with Gasteiger partial charge in [-0.25, -0.2) is 0 Å². The van der Waals surface area contributed by atoms with Gasteiger partial charge in [-0.3, -0.25) is 0 Å². The molecule has 0 aliphatic heterocycles. The number of halogens is 2. The normalized spacial score (nSPS) is 10.8. The minimum atomic E-state index is -0.383. The van der Waals surface area contributed by atoms with Crippen LogP contribution in [-0.2, 0) is 20.4 Å². The molecule has 0 aliphatic carbocycles. The first kappa shape index (κ1) is 28.0. The molecule has 0 unspecified atom stereocenters. The SMILES string of the molecule is COc1cccc(-n2c3ccccc3c3ccccc32)c1P(C(C)C)C(C)C.[Cl-].[Cl-].[Pd+2]. The van der Waals surface area contributed by atoms with Crippen LogP contribution in [0.3, 0.4) is 0 Å². The molecule has 4 aromatic rings. The Labute approximate surface area is 213 Å². The van der Waals surface area contributed by atoms with Gasteiger partial charge in [0.15, 0.2) is 0 Å². The van der Waals surface area contributed by atoms with E-state index in [1.54, 1.807) is 7.11 Å². The average Bonchev–Trinajstić information content (AvgIpc) is 3.02. The van der Waals surface area contributed by atoms with Crippen LogP contribution in [0.15, 0.2) is 66.7 Å². The Kier molecular flexibility index (Phi) is 10.6. The van der Waals surface area contributed by atoms with Crippen molar-refractivity contribution >= 4 is 35.0 Å².